The van der Waals surface area contributed by atoms with E-state index in [0.29, 0.717) is 6.08 Å². The lowest BCUT2D eigenvalue weighted by molar-refractivity contribution is -0.439. The molecule has 1 atom stereocenters. The number of carbonyl (C=O) groups is 1. The monoisotopic (exact) mass is 525 g/mol. The van der Waals surface area contributed by atoms with Gasteiger partial charge in [-0.15, -0.1) is 0 Å². The zero-order chi connectivity index (χ0) is 26.2. The first kappa shape index (κ1) is 30.2. The van der Waals surface area contributed by atoms with Gasteiger partial charge in [-0.3, -0.25) is 0 Å². The molecule has 0 aliphatic heterocycles. The van der Waals surface area contributed by atoms with E-state index in [-0.39, 0.29) is 0 Å². The van der Waals surface area contributed by atoms with Gasteiger partial charge in [0.1, 0.15) is 11.9 Å². The van der Waals surface area contributed by atoms with Crippen molar-refractivity contribution in [2.24, 2.45) is 0 Å². The number of carbonyl (C=O) groups excluding carboxylic acids is 1. The van der Waals surface area contributed by atoms with Gasteiger partial charge >= 0.3 is 41.8 Å². The van der Waals surface area contributed by atoms with E-state index in [1.807, 2.05) is 0 Å². The molecule has 0 bridgehead atoms. The van der Waals surface area contributed by atoms with Gasteiger partial charge < -0.3 is 4.74 Å². The highest BCUT2D eigenvalue weighted by molar-refractivity contribution is 7.90. The van der Waals surface area contributed by atoms with Crippen LogP contribution < -0.4 is 4.72 Å². The summed E-state index contributed by atoms with van der Waals surface area (Å²) in [6.45, 7) is 0.357. The zero-order valence-corrected chi connectivity index (χ0v) is 16.0. The highest BCUT2D eigenvalue weighted by Crippen LogP contribution is 2.60. The van der Waals surface area contributed by atoms with E-state index in [4.69, 9.17) is 0 Å². The molecule has 1 N–H and O–H groups in total. The molecule has 0 spiro atoms. The maximum Gasteiger partial charge on any atom is 0.460 e. The molecule has 19 heteroatoms. The van der Waals surface area contributed by atoms with Crippen LogP contribution in [0.25, 0.3) is 0 Å². The summed E-state index contributed by atoms with van der Waals surface area (Å²) in [5.41, 5.74) is 0. The lowest BCUT2D eigenvalue weighted by Gasteiger charge is -2.41. The van der Waals surface area contributed by atoms with Gasteiger partial charge in [-0.1, -0.05) is 6.58 Å². The molecule has 0 rings (SSSR count). The van der Waals surface area contributed by atoms with E-state index < -0.39 is 77.1 Å². The molecule has 0 aliphatic rings. The van der Waals surface area contributed by atoms with Crippen LogP contribution in [-0.2, 0) is 19.6 Å². The van der Waals surface area contributed by atoms with Gasteiger partial charge in [0.05, 0.1) is 0 Å². The standard InChI is InChI=1S/C13H12F13NO4S/c1-3-7(28)31-5-4-27-32(29,30)6(2)8(14,15)9(16,17)10(18,19)11(20,21)12(22,23)13(24,25)26/h3,6,27H,1,4-5H2,2H3. The molecule has 0 aromatic heterocycles. The average molecular weight is 525 g/mol. The van der Waals surface area contributed by atoms with E-state index in [1.54, 1.807) is 0 Å². The Morgan fingerprint density at radius 1 is 0.875 bits per heavy atom. The smallest absolute Gasteiger partial charge is 0.460 e. The number of hydrogen-bond acceptors (Lipinski definition) is 4. The molecule has 190 valence electrons. The second kappa shape index (κ2) is 8.86. The van der Waals surface area contributed by atoms with E-state index in [9.17, 15) is 70.3 Å². The summed E-state index contributed by atoms with van der Waals surface area (Å²) in [5, 5.41) is -4.08. The fraction of sp³-hybridized carbons (Fsp3) is 0.769. The van der Waals surface area contributed by atoms with Crippen LogP contribution in [0.5, 0.6) is 0 Å². The first-order chi connectivity index (χ1) is 13.9. The zero-order valence-electron chi connectivity index (χ0n) is 15.2. The van der Waals surface area contributed by atoms with Crippen molar-refractivity contribution in [3.8, 4) is 0 Å². The topological polar surface area (TPSA) is 72.5 Å². The molecule has 0 saturated carbocycles. The van der Waals surface area contributed by atoms with Gasteiger partial charge in [0.2, 0.25) is 10.0 Å². The van der Waals surface area contributed by atoms with Crippen LogP contribution in [0.4, 0.5) is 57.1 Å². The van der Waals surface area contributed by atoms with Gasteiger partial charge in [-0.2, -0.15) is 57.1 Å². The van der Waals surface area contributed by atoms with Gasteiger partial charge in [0.15, 0.2) is 0 Å². The van der Waals surface area contributed by atoms with Crippen LogP contribution in [0, 0.1) is 0 Å². The minimum absolute atomic E-state index is 0.442. The Bertz CT molecular complexity index is 807. The number of ether oxygens (including phenoxy) is 1. The molecule has 0 fully saturated rings. The molecule has 5 nitrogen and oxygen atoms in total. The summed E-state index contributed by atoms with van der Waals surface area (Å²) in [5.74, 6) is -39.9. The minimum atomic E-state index is -8.14. The summed E-state index contributed by atoms with van der Waals surface area (Å²) in [4.78, 5) is 10.7. The quantitative estimate of drug-likeness (QED) is 0.193. The third kappa shape index (κ3) is 4.91. The van der Waals surface area contributed by atoms with Crippen molar-refractivity contribution < 1.29 is 75.0 Å². The Labute approximate surface area is 170 Å². The van der Waals surface area contributed by atoms with E-state index in [0.717, 1.165) is 4.72 Å². The summed E-state index contributed by atoms with van der Waals surface area (Å²) in [6, 6.07) is 0. The third-order valence-corrected chi connectivity index (χ3v) is 5.58. The van der Waals surface area contributed by atoms with Crippen molar-refractivity contribution in [3.05, 3.63) is 12.7 Å². The molecule has 0 aromatic carbocycles. The maximum atomic E-state index is 13.9. The Kier molecular flexibility index (Phi) is 8.37. The molecule has 0 heterocycles. The van der Waals surface area contributed by atoms with Crippen LogP contribution in [0.2, 0.25) is 0 Å². The highest BCUT2D eigenvalue weighted by Gasteiger charge is 2.91. The SMILES string of the molecule is C=CC(=O)OCCNS(=O)(=O)C(C)C(F)(F)C(F)(F)C(F)(F)C(F)(F)C(F)(F)C(F)(F)F. The number of alkyl halides is 13. The molecular weight excluding hydrogens is 513 g/mol. The minimum Gasteiger partial charge on any atom is -0.461 e. The van der Waals surface area contributed by atoms with Crippen molar-refractivity contribution in [2.75, 3.05) is 13.2 Å². The van der Waals surface area contributed by atoms with Crippen LogP contribution in [0.15, 0.2) is 12.7 Å². The van der Waals surface area contributed by atoms with E-state index >= 15 is 0 Å². The number of halogens is 13. The molecule has 0 aliphatic carbocycles. The highest BCUT2D eigenvalue weighted by atomic mass is 32.2. The molecule has 0 amide bonds. The molecule has 0 saturated heterocycles. The van der Waals surface area contributed by atoms with Gasteiger partial charge in [-0.05, 0) is 6.92 Å². The summed E-state index contributed by atoms with van der Waals surface area (Å²) < 4.78 is 198. The van der Waals surface area contributed by atoms with Crippen molar-refractivity contribution in [3.63, 3.8) is 0 Å². The van der Waals surface area contributed by atoms with Crippen molar-refractivity contribution in [1.29, 1.82) is 0 Å². The average Bonchev–Trinajstić information content (AvgIpc) is 2.62. The number of esters is 1. The number of hydrogen-bond donors (Lipinski definition) is 1. The van der Waals surface area contributed by atoms with Crippen LogP contribution in [-0.4, -0.2) is 68.6 Å². The fourth-order valence-corrected chi connectivity index (χ4v) is 2.91. The number of nitrogens with one attached hydrogen (secondary N) is 1. The van der Waals surface area contributed by atoms with Crippen LogP contribution >= 0.6 is 0 Å². The van der Waals surface area contributed by atoms with Crippen LogP contribution in [0.3, 0.4) is 0 Å². The van der Waals surface area contributed by atoms with Crippen molar-refractivity contribution in [2.45, 2.75) is 48.0 Å². The second-order valence-corrected chi connectivity index (χ2v) is 7.96. The predicted molar refractivity (Wildman–Crippen MR) is 78.3 cm³/mol. The Balaban J connectivity index is 6.06. The number of rotatable bonds is 11. The largest absolute Gasteiger partial charge is 0.461 e. The summed E-state index contributed by atoms with van der Waals surface area (Å²) >= 11 is 0. The van der Waals surface area contributed by atoms with Crippen LogP contribution in [0.1, 0.15) is 6.92 Å². The lowest BCUT2D eigenvalue weighted by Crippen LogP contribution is -2.72. The maximum absolute atomic E-state index is 13.9. The predicted octanol–water partition coefficient (Wildman–Crippen LogP) is 3.76. The van der Waals surface area contributed by atoms with Gasteiger partial charge in [0, 0.05) is 12.6 Å². The Hall–Kier alpha value is -1.79. The fourth-order valence-electron chi connectivity index (χ4n) is 1.75. The number of sulfonamides is 1. The first-order valence-electron chi connectivity index (χ1n) is 7.59. The normalized spacial score (nSPS) is 15.9. The molecule has 0 aromatic rings. The summed E-state index contributed by atoms with van der Waals surface area (Å²) in [7, 11) is -5.86. The Morgan fingerprint density at radius 2 is 1.28 bits per heavy atom. The Morgan fingerprint density at radius 3 is 1.66 bits per heavy atom. The molecule has 1 unspecified atom stereocenters. The summed E-state index contributed by atoms with van der Waals surface area (Å²) in [6.07, 6.45) is -7.03. The lowest BCUT2D eigenvalue weighted by atomic mass is 9.93. The third-order valence-electron chi connectivity index (χ3n) is 3.75. The molecule has 0 radical (unpaired) electrons. The van der Waals surface area contributed by atoms with E-state index in [1.165, 1.54) is 0 Å². The van der Waals surface area contributed by atoms with Gasteiger partial charge in [-0.25, -0.2) is 17.9 Å². The van der Waals surface area contributed by atoms with Gasteiger partial charge in [0.25, 0.3) is 0 Å². The van der Waals surface area contributed by atoms with Crippen molar-refractivity contribution in [1.82, 2.24) is 4.72 Å². The van der Waals surface area contributed by atoms with E-state index in [2.05, 4.69) is 11.3 Å². The second-order valence-electron chi connectivity index (χ2n) is 5.87. The molecular formula is C13H12F13NO4S. The molecule has 32 heavy (non-hydrogen) atoms. The van der Waals surface area contributed by atoms with Crippen molar-refractivity contribution >= 4 is 16.0 Å². The first-order valence-corrected chi connectivity index (χ1v) is 9.14.